The van der Waals surface area contributed by atoms with Crippen LogP contribution in [0.1, 0.15) is 26.2 Å². The van der Waals surface area contributed by atoms with Gasteiger partial charge < -0.3 is 5.32 Å². The normalized spacial score (nSPS) is 17.5. The Hall–Kier alpha value is -0.760. The fourth-order valence-corrected chi connectivity index (χ4v) is 2.03. The average molecular weight is 228 g/mol. The maximum atomic E-state index is 13.4. The molecule has 1 N–H and O–H groups in total. The Kier molecular flexibility index (Phi) is 3.15. The predicted octanol–water partition coefficient (Wildman–Crippen LogP) is 4.08. The van der Waals surface area contributed by atoms with Gasteiger partial charge in [0.05, 0.1) is 5.69 Å². The lowest BCUT2D eigenvalue weighted by molar-refractivity contribution is 0.594. The SMILES string of the molecule is CCC(Nc1cc(Cl)ccc1F)C1CC1. The highest BCUT2D eigenvalue weighted by molar-refractivity contribution is 6.30. The summed E-state index contributed by atoms with van der Waals surface area (Å²) in [6, 6.07) is 5.02. The molecule has 0 heterocycles. The van der Waals surface area contributed by atoms with Crippen LogP contribution in [0.5, 0.6) is 0 Å². The highest BCUT2D eigenvalue weighted by Crippen LogP contribution is 2.36. The molecule has 0 radical (unpaired) electrons. The van der Waals surface area contributed by atoms with E-state index >= 15 is 0 Å². The zero-order chi connectivity index (χ0) is 10.8. The second-order valence-corrected chi connectivity index (χ2v) is 4.56. The average Bonchev–Trinajstić information content (AvgIpc) is 3.03. The largest absolute Gasteiger partial charge is 0.380 e. The number of halogens is 2. The van der Waals surface area contributed by atoms with Crippen LogP contribution in [0, 0.1) is 11.7 Å². The van der Waals surface area contributed by atoms with Gasteiger partial charge in [-0.3, -0.25) is 0 Å². The van der Waals surface area contributed by atoms with Gasteiger partial charge in [0.2, 0.25) is 0 Å². The number of nitrogens with one attached hydrogen (secondary N) is 1. The molecule has 0 aliphatic heterocycles. The summed E-state index contributed by atoms with van der Waals surface area (Å²) in [7, 11) is 0. The summed E-state index contributed by atoms with van der Waals surface area (Å²) in [6.45, 7) is 2.12. The molecular formula is C12H15ClFN. The first-order valence-corrected chi connectivity index (χ1v) is 5.80. The van der Waals surface area contributed by atoms with Crippen LogP contribution < -0.4 is 5.32 Å². The number of hydrogen-bond acceptors (Lipinski definition) is 1. The molecule has 0 spiro atoms. The van der Waals surface area contributed by atoms with Gasteiger partial charge >= 0.3 is 0 Å². The fraction of sp³-hybridized carbons (Fsp3) is 0.500. The molecule has 2 rings (SSSR count). The van der Waals surface area contributed by atoms with Gasteiger partial charge in [-0.2, -0.15) is 0 Å². The quantitative estimate of drug-likeness (QED) is 0.817. The van der Waals surface area contributed by atoms with E-state index in [4.69, 9.17) is 11.6 Å². The third kappa shape index (κ3) is 2.63. The van der Waals surface area contributed by atoms with Crippen molar-refractivity contribution >= 4 is 17.3 Å². The summed E-state index contributed by atoms with van der Waals surface area (Å²) in [4.78, 5) is 0. The molecule has 1 atom stereocenters. The summed E-state index contributed by atoms with van der Waals surface area (Å²) >= 11 is 5.83. The smallest absolute Gasteiger partial charge is 0.146 e. The van der Waals surface area contributed by atoms with E-state index in [1.807, 2.05) is 0 Å². The van der Waals surface area contributed by atoms with E-state index < -0.39 is 0 Å². The van der Waals surface area contributed by atoms with Crippen molar-refractivity contribution in [2.45, 2.75) is 32.2 Å². The number of hydrogen-bond donors (Lipinski definition) is 1. The van der Waals surface area contributed by atoms with Crippen LogP contribution in [0.25, 0.3) is 0 Å². The van der Waals surface area contributed by atoms with Crippen molar-refractivity contribution in [3.8, 4) is 0 Å². The lowest BCUT2D eigenvalue weighted by Crippen LogP contribution is -2.21. The van der Waals surface area contributed by atoms with Crippen LogP contribution in [0.2, 0.25) is 5.02 Å². The fourth-order valence-electron chi connectivity index (χ4n) is 1.86. The molecule has 0 amide bonds. The minimum atomic E-state index is -0.224. The molecule has 0 aromatic heterocycles. The van der Waals surface area contributed by atoms with Crippen molar-refractivity contribution in [3.63, 3.8) is 0 Å². The van der Waals surface area contributed by atoms with Crippen LogP contribution in [0.15, 0.2) is 18.2 Å². The van der Waals surface area contributed by atoms with Crippen molar-refractivity contribution < 1.29 is 4.39 Å². The molecule has 1 saturated carbocycles. The first-order valence-electron chi connectivity index (χ1n) is 5.42. The lowest BCUT2D eigenvalue weighted by Gasteiger charge is -2.18. The molecule has 0 bridgehead atoms. The van der Waals surface area contributed by atoms with Crippen molar-refractivity contribution in [2.75, 3.05) is 5.32 Å². The monoisotopic (exact) mass is 227 g/mol. The number of benzene rings is 1. The molecule has 1 fully saturated rings. The maximum absolute atomic E-state index is 13.4. The Morgan fingerprint density at radius 3 is 2.87 bits per heavy atom. The lowest BCUT2D eigenvalue weighted by atomic mass is 10.1. The van der Waals surface area contributed by atoms with Gasteiger partial charge in [0, 0.05) is 11.1 Å². The van der Waals surface area contributed by atoms with Crippen molar-refractivity contribution in [1.29, 1.82) is 0 Å². The summed E-state index contributed by atoms with van der Waals surface area (Å²) in [5.41, 5.74) is 0.529. The van der Waals surface area contributed by atoms with Crippen molar-refractivity contribution in [1.82, 2.24) is 0 Å². The van der Waals surface area contributed by atoms with E-state index in [1.165, 1.54) is 18.9 Å². The second-order valence-electron chi connectivity index (χ2n) is 4.12. The first kappa shape index (κ1) is 10.7. The Morgan fingerprint density at radius 1 is 1.53 bits per heavy atom. The molecule has 1 aromatic rings. The Balaban J connectivity index is 2.11. The molecule has 82 valence electrons. The molecule has 15 heavy (non-hydrogen) atoms. The van der Waals surface area contributed by atoms with E-state index in [1.54, 1.807) is 12.1 Å². The third-order valence-corrected chi connectivity index (χ3v) is 3.14. The first-order chi connectivity index (χ1) is 7.20. The molecule has 1 nitrogen and oxygen atoms in total. The van der Waals surface area contributed by atoms with Crippen molar-refractivity contribution in [2.24, 2.45) is 5.92 Å². The van der Waals surface area contributed by atoms with Gasteiger partial charge in [-0.1, -0.05) is 18.5 Å². The van der Waals surface area contributed by atoms with Crippen LogP contribution in [0.3, 0.4) is 0 Å². The number of rotatable bonds is 4. The van der Waals surface area contributed by atoms with Crippen LogP contribution in [-0.2, 0) is 0 Å². The zero-order valence-corrected chi connectivity index (χ0v) is 9.52. The summed E-state index contributed by atoms with van der Waals surface area (Å²) in [6.07, 6.45) is 3.54. The molecule has 1 aromatic carbocycles. The molecular weight excluding hydrogens is 213 g/mol. The highest BCUT2D eigenvalue weighted by Gasteiger charge is 2.30. The number of anilines is 1. The third-order valence-electron chi connectivity index (χ3n) is 2.90. The van der Waals surface area contributed by atoms with E-state index in [-0.39, 0.29) is 5.82 Å². The summed E-state index contributed by atoms with van der Waals surface area (Å²) in [5.74, 6) is 0.492. The van der Waals surface area contributed by atoms with E-state index in [0.717, 1.165) is 6.42 Å². The van der Waals surface area contributed by atoms with Gasteiger partial charge in [-0.25, -0.2) is 4.39 Å². The summed E-state index contributed by atoms with van der Waals surface area (Å²) in [5, 5.41) is 3.81. The topological polar surface area (TPSA) is 12.0 Å². The Labute approximate surface area is 94.6 Å². The molecule has 1 unspecified atom stereocenters. The zero-order valence-electron chi connectivity index (χ0n) is 8.76. The van der Waals surface area contributed by atoms with Gasteiger partial charge in [0.1, 0.15) is 5.82 Å². The van der Waals surface area contributed by atoms with Gasteiger partial charge in [0.15, 0.2) is 0 Å². The minimum absolute atomic E-state index is 0.224. The van der Waals surface area contributed by atoms with Gasteiger partial charge in [0.25, 0.3) is 0 Å². The van der Waals surface area contributed by atoms with Gasteiger partial charge in [-0.05, 0) is 43.4 Å². The standard InChI is InChI=1S/C12H15ClFN/c1-2-11(8-3-4-8)15-12-7-9(13)5-6-10(12)14/h5-8,11,15H,2-4H2,1H3. The van der Waals surface area contributed by atoms with Crippen molar-refractivity contribution in [3.05, 3.63) is 29.0 Å². The van der Waals surface area contributed by atoms with Crippen LogP contribution >= 0.6 is 11.6 Å². The van der Waals surface area contributed by atoms with Crippen LogP contribution in [-0.4, -0.2) is 6.04 Å². The second kappa shape index (κ2) is 4.40. The Morgan fingerprint density at radius 2 is 2.27 bits per heavy atom. The van der Waals surface area contributed by atoms with E-state index in [9.17, 15) is 4.39 Å². The van der Waals surface area contributed by atoms with Crippen LogP contribution in [0.4, 0.5) is 10.1 Å². The summed E-state index contributed by atoms with van der Waals surface area (Å²) < 4.78 is 13.4. The molecule has 0 saturated heterocycles. The molecule has 1 aliphatic rings. The Bertz CT molecular complexity index is 349. The van der Waals surface area contributed by atoms with E-state index in [2.05, 4.69) is 12.2 Å². The maximum Gasteiger partial charge on any atom is 0.146 e. The highest BCUT2D eigenvalue weighted by atomic mass is 35.5. The predicted molar refractivity (Wildman–Crippen MR) is 61.8 cm³/mol. The van der Waals surface area contributed by atoms with Gasteiger partial charge in [-0.15, -0.1) is 0 Å². The van der Waals surface area contributed by atoms with E-state index in [0.29, 0.717) is 22.7 Å². The minimum Gasteiger partial charge on any atom is -0.380 e. The molecule has 3 heteroatoms. The molecule has 1 aliphatic carbocycles.